The molecule has 2 aromatic heterocycles. The van der Waals surface area contributed by atoms with Gasteiger partial charge in [0.2, 0.25) is 0 Å². The molecule has 1 unspecified atom stereocenters. The number of aliphatic imine (C=N–C) groups is 1. The lowest BCUT2D eigenvalue weighted by Gasteiger charge is -2.41. The van der Waals surface area contributed by atoms with Crippen LogP contribution in [-0.2, 0) is 0 Å². The summed E-state index contributed by atoms with van der Waals surface area (Å²) in [5.41, 5.74) is 2.29. The van der Waals surface area contributed by atoms with E-state index in [1.807, 2.05) is 80.3 Å². The molecule has 5 aromatic rings. The average molecular weight is 495 g/mol. The second-order valence-corrected chi connectivity index (χ2v) is 9.81. The van der Waals surface area contributed by atoms with Crippen LogP contribution in [0.15, 0.2) is 94.7 Å². The minimum Gasteiger partial charge on any atom is -0.432 e. The van der Waals surface area contributed by atoms with Crippen LogP contribution in [0.4, 0.5) is 0 Å². The summed E-state index contributed by atoms with van der Waals surface area (Å²) in [7, 11) is 0. The fraction of sp³-hybridized carbons (Fsp3) is 0.207. The van der Waals surface area contributed by atoms with Crippen LogP contribution in [0.1, 0.15) is 42.9 Å². The monoisotopic (exact) mass is 494 g/mol. The Morgan fingerprint density at radius 2 is 1.81 bits per heavy atom. The third kappa shape index (κ3) is 4.35. The second-order valence-electron chi connectivity index (χ2n) is 9.63. The summed E-state index contributed by atoms with van der Waals surface area (Å²) in [6.07, 6.45) is 3.27. The summed E-state index contributed by atoms with van der Waals surface area (Å²) in [5.74, 6) is 0.191. The third-order valence-electron chi connectivity index (χ3n) is 6.25. The third-order valence-corrected chi connectivity index (χ3v) is 6.38. The van der Waals surface area contributed by atoms with E-state index in [-0.39, 0.29) is 11.9 Å². The number of thiocarbonyl (C=S) groups is 1. The summed E-state index contributed by atoms with van der Waals surface area (Å²) >= 11 is 4.87. The molecule has 0 radical (unpaired) electrons. The molecule has 0 aliphatic heterocycles. The molecule has 0 saturated carbocycles. The zero-order valence-corrected chi connectivity index (χ0v) is 21.2. The number of nitrogens with zero attached hydrogens (tertiary/aromatic N) is 4. The van der Waals surface area contributed by atoms with Crippen LogP contribution in [0, 0.1) is 0 Å². The largest absolute Gasteiger partial charge is 0.432 e. The van der Waals surface area contributed by atoms with Crippen molar-refractivity contribution in [3.8, 4) is 11.3 Å². The molecule has 7 heteroatoms. The number of carbonyl (C=O) groups excluding carboxylic acids is 1. The standard InChI is InChI=1S/C29H26N4O2S/c1-29(2,3)33(24(18-30-19-36)21-10-5-4-6-11-21)27(34)26-25(31-28-32(26)15-16-35-28)23-14-13-20-9-7-8-12-22(20)17-23/h4-17,24H,18H2,1-3H3. The summed E-state index contributed by atoms with van der Waals surface area (Å²) in [6.45, 7) is 6.36. The van der Waals surface area contributed by atoms with Crippen molar-refractivity contribution in [3.05, 3.63) is 96.5 Å². The first-order valence-electron chi connectivity index (χ1n) is 11.8. The smallest absolute Gasteiger partial charge is 0.306 e. The Morgan fingerprint density at radius 3 is 2.53 bits per heavy atom. The minimum atomic E-state index is -0.539. The van der Waals surface area contributed by atoms with E-state index in [9.17, 15) is 4.79 Å². The fourth-order valence-corrected chi connectivity index (χ4v) is 4.77. The molecule has 0 aliphatic rings. The van der Waals surface area contributed by atoms with Gasteiger partial charge in [-0.15, -0.1) is 0 Å². The first-order valence-corrected chi connectivity index (χ1v) is 12.2. The SMILES string of the molecule is CC(C)(C)N(C(=O)c1c(-c2ccc3ccccc3c2)nc2occn12)C(CN=C=S)c1ccccc1. The molecule has 2 heterocycles. The maximum atomic E-state index is 14.5. The number of aromatic nitrogens is 2. The van der Waals surface area contributed by atoms with Gasteiger partial charge in [-0.2, -0.15) is 4.98 Å². The van der Waals surface area contributed by atoms with Crippen molar-refractivity contribution >= 4 is 39.9 Å². The Hall–Kier alpha value is -4.06. The van der Waals surface area contributed by atoms with Crippen LogP contribution in [0.2, 0.25) is 0 Å². The quantitative estimate of drug-likeness (QED) is 0.192. The van der Waals surface area contributed by atoms with Gasteiger partial charge in [-0.3, -0.25) is 9.20 Å². The number of benzene rings is 3. The molecule has 1 amide bonds. The summed E-state index contributed by atoms with van der Waals surface area (Å²) in [5, 5.41) is 4.66. The van der Waals surface area contributed by atoms with Crippen molar-refractivity contribution in [1.82, 2.24) is 14.3 Å². The molecule has 1 atom stereocenters. The first kappa shape index (κ1) is 23.7. The molecule has 180 valence electrons. The Bertz CT molecular complexity index is 1590. The Balaban J connectivity index is 1.70. The molecule has 5 rings (SSSR count). The summed E-state index contributed by atoms with van der Waals surface area (Å²) < 4.78 is 7.33. The van der Waals surface area contributed by atoms with Crippen molar-refractivity contribution in [2.75, 3.05) is 6.54 Å². The lowest BCUT2D eigenvalue weighted by atomic mass is 9.96. The molecule has 0 aliphatic carbocycles. The van der Waals surface area contributed by atoms with Crippen LogP contribution >= 0.6 is 12.2 Å². The molecular weight excluding hydrogens is 468 g/mol. The summed E-state index contributed by atoms with van der Waals surface area (Å²) in [4.78, 5) is 25.4. The van der Waals surface area contributed by atoms with E-state index in [1.165, 1.54) is 6.26 Å². The number of imidazole rings is 1. The number of rotatable bonds is 6. The van der Waals surface area contributed by atoms with Gasteiger partial charge >= 0.3 is 5.84 Å². The Morgan fingerprint density at radius 1 is 1.08 bits per heavy atom. The van der Waals surface area contributed by atoms with Crippen LogP contribution < -0.4 is 0 Å². The lowest BCUT2D eigenvalue weighted by Crippen LogP contribution is -2.49. The topological polar surface area (TPSA) is 63.1 Å². The average Bonchev–Trinajstić information content (AvgIpc) is 3.47. The minimum absolute atomic E-state index is 0.173. The molecule has 3 aromatic carbocycles. The van der Waals surface area contributed by atoms with Gasteiger partial charge in [0.05, 0.1) is 17.7 Å². The van der Waals surface area contributed by atoms with Gasteiger partial charge in [0.25, 0.3) is 5.91 Å². The molecule has 0 saturated heterocycles. The molecule has 36 heavy (non-hydrogen) atoms. The summed E-state index contributed by atoms with van der Waals surface area (Å²) in [6, 6.07) is 23.7. The van der Waals surface area contributed by atoms with Gasteiger partial charge in [0.15, 0.2) is 0 Å². The maximum absolute atomic E-state index is 14.5. The zero-order chi connectivity index (χ0) is 25.3. The molecule has 0 spiro atoms. The number of oxazole rings is 1. The van der Waals surface area contributed by atoms with E-state index in [1.54, 1.807) is 10.6 Å². The van der Waals surface area contributed by atoms with E-state index < -0.39 is 5.54 Å². The molecule has 6 nitrogen and oxygen atoms in total. The molecule has 0 fully saturated rings. The second kappa shape index (κ2) is 9.53. The number of amides is 1. The molecule has 0 N–H and O–H groups in total. The highest BCUT2D eigenvalue weighted by Crippen LogP contribution is 2.35. The van der Waals surface area contributed by atoms with Gasteiger partial charge in [-0.25, -0.2) is 4.99 Å². The van der Waals surface area contributed by atoms with E-state index in [0.717, 1.165) is 21.9 Å². The number of fused-ring (bicyclic) bond motifs is 2. The number of hydrogen-bond acceptors (Lipinski definition) is 5. The van der Waals surface area contributed by atoms with Crippen LogP contribution in [0.5, 0.6) is 0 Å². The Kier molecular flexibility index (Phi) is 6.27. The van der Waals surface area contributed by atoms with Crippen molar-refractivity contribution in [1.29, 1.82) is 0 Å². The van der Waals surface area contributed by atoms with Gasteiger partial charge < -0.3 is 9.32 Å². The van der Waals surface area contributed by atoms with Crippen molar-refractivity contribution in [2.45, 2.75) is 32.4 Å². The molecule has 0 bridgehead atoms. The van der Waals surface area contributed by atoms with Crippen molar-refractivity contribution in [3.63, 3.8) is 0 Å². The highest BCUT2D eigenvalue weighted by molar-refractivity contribution is 7.78. The van der Waals surface area contributed by atoms with Crippen LogP contribution in [0.3, 0.4) is 0 Å². The maximum Gasteiger partial charge on any atom is 0.306 e. The lowest BCUT2D eigenvalue weighted by molar-refractivity contribution is 0.0440. The highest BCUT2D eigenvalue weighted by Gasteiger charge is 2.38. The van der Waals surface area contributed by atoms with E-state index in [4.69, 9.17) is 21.6 Å². The van der Waals surface area contributed by atoms with Crippen molar-refractivity contribution in [2.24, 2.45) is 4.99 Å². The van der Waals surface area contributed by atoms with Gasteiger partial charge in [-0.05, 0) is 55.4 Å². The van der Waals surface area contributed by atoms with E-state index in [0.29, 0.717) is 23.8 Å². The first-order chi connectivity index (χ1) is 17.4. The Labute approximate surface area is 214 Å². The molecular formula is C29H26N4O2S. The van der Waals surface area contributed by atoms with Crippen LogP contribution in [-0.4, -0.2) is 37.4 Å². The number of carbonyl (C=O) groups is 1. The van der Waals surface area contributed by atoms with Gasteiger partial charge in [-0.1, -0.05) is 66.7 Å². The van der Waals surface area contributed by atoms with Gasteiger partial charge in [0, 0.05) is 17.3 Å². The van der Waals surface area contributed by atoms with E-state index >= 15 is 0 Å². The van der Waals surface area contributed by atoms with Crippen molar-refractivity contribution < 1.29 is 9.21 Å². The van der Waals surface area contributed by atoms with Crippen LogP contribution in [0.25, 0.3) is 27.9 Å². The predicted molar refractivity (Wildman–Crippen MR) is 145 cm³/mol. The highest BCUT2D eigenvalue weighted by atomic mass is 32.1. The zero-order valence-electron chi connectivity index (χ0n) is 20.4. The van der Waals surface area contributed by atoms with E-state index in [2.05, 4.69) is 28.4 Å². The fourth-order valence-electron chi connectivity index (χ4n) is 4.69. The number of hydrogen-bond donors (Lipinski definition) is 0. The predicted octanol–water partition coefficient (Wildman–Crippen LogP) is 6.83. The number of isothiocyanates is 1. The normalized spacial score (nSPS) is 12.4. The van der Waals surface area contributed by atoms with Gasteiger partial charge in [0.1, 0.15) is 17.7 Å².